The minimum absolute atomic E-state index is 0.153. The number of rotatable bonds is 4. The van der Waals surface area contributed by atoms with Crippen LogP contribution in [0, 0.1) is 5.82 Å². The molecule has 1 atom stereocenters. The third-order valence-electron chi connectivity index (χ3n) is 4.78. The molecule has 0 aromatic heterocycles. The summed E-state index contributed by atoms with van der Waals surface area (Å²) < 4.78 is 42.0. The van der Waals surface area contributed by atoms with E-state index in [0.29, 0.717) is 11.6 Å². The molecule has 158 valence electrons. The molecule has 1 unspecified atom stereocenters. The van der Waals surface area contributed by atoms with Gasteiger partial charge in [-0.2, -0.15) is 13.5 Å². The van der Waals surface area contributed by atoms with Crippen LogP contribution < -0.4 is 0 Å². The van der Waals surface area contributed by atoms with Crippen molar-refractivity contribution in [2.24, 2.45) is 9.50 Å². The Balaban J connectivity index is 1.70. The van der Waals surface area contributed by atoms with Crippen molar-refractivity contribution >= 4 is 44.2 Å². The first-order chi connectivity index (χ1) is 14.8. The number of nitrogens with zero attached hydrogens (tertiary/aromatic N) is 3. The fourth-order valence-corrected chi connectivity index (χ4v) is 4.63. The SMILES string of the molecule is O=S(=O)(N=C(Cl)N1CC(c2ccccc2)C(c2ccc(Cl)cc2)=N1)c1ccc(F)cc1. The Labute approximate surface area is 189 Å². The van der Waals surface area contributed by atoms with E-state index in [9.17, 15) is 12.8 Å². The summed E-state index contributed by atoms with van der Waals surface area (Å²) in [5.74, 6) is -0.698. The normalized spacial score (nSPS) is 17.0. The maximum absolute atomic E-state index is 13.1. The van der Waals surface area contributed by atoms with Crippen LogP contribution in [-0.2, 0) is 10.0 Å². The van der Waals surface area contributed by atoms with E-state index in [1.54, 1.807) is 12.1 Å². The summed E-state index contributed by atoms with van der Waals surface area (Å²) in [7, 11) is -4.12. The van der Waals surface area contributed by atoms with Crippen molar-refractivity contribution < 1.29 is 12.8 Å². The lowest BCUT2D eigenvalue weighted by Gasteiger charge is -2.15. The molecule has 1 aliphatic heterocycles. The van der Waals surface area contributed by atoms with Crippen LogP contribution in [0.15, 0.2) is 93.3 Å². The molecule has 9 heteroatoms. The molecule has 0 saturated heterocycles. The lowest BCUT2D eigenvalue weighted by atomic mass is 9.91. The highest BCUT2D eigenvalue weighted by Crippen LogP contribution is 2.30. The number of halogens is 3. The van der Waals surface area contributed by atoms with E-state index >= 15 is 0 Å². The predicted molar refractivity (Wildman–Crippen MR) is 121 cm³/mol. The number of sulfonamides is 1. The van der Waals surface area contributed by atoms with Gasteiger partial charge in [0.1, 0.15) is 5.82 Å². The predicted octanol–water partition coefficient (Wildman–Crippen LogP) is 5.27. The van der Waals surface area contributed by atoms with Crippen LogP contribution >= 0.6 is 23.2 Å². The number of benzene rings is 3. The molecule has 4 rings (SSSR count). The Kier molecular flexibility index (Phi) is 6.09. The monoisotopic (exact) mass is 475 g/mol. The van der Waals surface area contributed by atoms with E-state index in [-0.39, 0.29) is 16.1 Å². The number of hydrogen-bond acceptors (Lipinski definition) is 3. The zero-order valence-electron chi connectivity index (χ0n) is 16.0. The lowest BCUT2D eigenvalue weighted by molar-refractivity contribution is 0.483. The van der Waals surface area contributed by atoms with Crippen molar-refractivity contribution in [2.75, 3.05) is 6.54 Å². The Hall–Kier alpha value is -2.74. The van der Waals surface area contributed by atoms with Crippen LogP contribution in [0.1, 0.15) is 17.0 Å². The maximum Gasteiger partial charge on any atom is 0.285 e. The first-order valence-electron chi connectivity index (χ1n) is 9.26. The zero-order chi connectivity index (χ0) is 22.0. The van der Waals surface area contributed by atoms with Gasteiger partial charge in [0.2, 0.25) is 5.29 Å². The average molecular weight is 476 g/mol. The molecule has 5 nitrogen and oxygen atoms in total. The number of hydrogen-bond donors (Lipinski definition) is 0. The average Bonchev–Trinajstić information content (AvgIpc) is 3.21. The standard InChI is InChI=1S/C22H16Cl2FN3O2S/c23-17-8-6-16(7-9-17)21-20(15-4-2-1-3-5-15)14-28(26-21)22(24)27-31(29,30)19-12-10-18(25)11-13-19/h1-13,20H,14H2. The van der Waals surface area contributed by atoms with E-state index < -0.39 is 15.8 Å². The van der Waals surface area contributed by atoms with Gasteiger partial charge in [0.15, 0.2) is 0 Å². The summed E-state index contributed by atoms with van der Waals surface area (Å²) in [5, 5.41) is 6.21. The van der Waals surface area contributed by atoms with E-state index in [0.717, 1.165) is 41.1 Å². The van der Waals surface area contributed by atoms with Gasteiger partial charge < -0.3 is 0 Å². The van der Waals surface area contributed by atoms with Crippen molar-refractivity contribution in [3.8, 4) is 0 Å². The second kappa shape index (κ2) is 8.78. The first kappa shape index (κ1) is 21.5. The summed E-state index contributed by atoms with van der Waals surface area (Å²) in [6, 6.07) is 21.3. The molecule has 0 fully saturated rings. The molecule has 31 heavy (non-hydrogen) atoms. The summed E-state index contributed by atoms with van der Waals surface area (Å²) in [6.07, 6.45) is 0. The van der Waals surface area contributed by atoms with Gasteiger partial charge in [-0.25, -0.2) is 9.40 Å². The molecular formula is C22H16Cl2FN3O2S. The Bertz CT molecular complexity index is 1250. The second-order valence-corrected chi connectivity index (χ2v) is 9.21. The fraction of sp³-hybridized carbons (Fsp3) is 0.0909. The zero-order valence-corrected chi connectivity index (χ0v) is 18.3. The van der Waals surface area contributed by atoms with E-state index in [1.807, 2.05) is 42.5 Å². The third-order valence-corrected chi connectivity index (χ3v) is 6.69. The molecule has 3 aromatic rings. The van der Waals surface area contributed by atoms with Crippen LogP contribution in [0.3, 0.4) is 0 Å². The van der Waals surface area contributed by atoms with Crippen molar-refractivity contribution in [1.29, 1.82) is 0 Å². The minimum atomic E-state index is -4.12. The second-order valence-electron chi connectivity index (χ2n) is 6.83. The molecule has 3 aromatic carbocycles. The van der Waals surface area contributed by atoms with Crippen molar-refractivity contribution in [2.45, 2.75) is 10.8 Å². The van der Waals surface area contributed by atoms with Gasteiger partial charge in [-0.1, -0.05) is 54.1 Å². The van der Waals surface area contributed by atoms with E-state index in [4.69, 9.17) is 23.2 Å². The van der Waals surface area contributed by atoms with Crippen molar-refractivity contribution in [1.82, 2.24) is 5.01 Å². The molecule has 0 aliphatic carbocycles. The summed E-state index contributed by atoms with van der Waals surface area (Å²) in [4.78, 5) is -0.159. The number of hydrazone groups is 1. The molecule has 0 radical (unpaired) electrons. The molecular weight excluding hydrogens is 460 g/mol. The highest BCUT2D eigenvalue weighted by atomic mass is 35.5. The summed E-state index contributed by atoms with van der Waals surface area (Å²) >= 11 is 12.3. The van der Waals surface area contributed by atoms with Crippen molar-refractivity contribution in [3.63, 3.8) is 0 Å². The Morgan fingerprint density at radius 1 is 1.00 bits per heavy atom. The van der Waals surface area contributed by atoms with Gasteiger partial charge in [-0.15, -0.1) is 4.40 Å². The molecule has 0 saturated carbocycles. The molecule has 0 spiro atoms. The maximum atomic E-state index is 13.1. The molecule has 1 aliphatic rings. The smallest absolute Gasteiger partial charge is 0.236 e. The van der Waals surface area contributed by atoms with Crippen LogP contribution in [-0.4, -0.2) is 31.0 Å². The largest absolute Gasteiger partial charge is 0.285 e. The first-order valence-corrected chi connectivity index (χ1v) is 11.5. The van der Waals surface area contributed by atoms with E-state index in [2.05, 4.69) is 9.50 Å². The Morgan fingerprint density at radius 3 is 2.29 bits per heavy atom. The van der Waals surface area contributed by atoms with E-state index in [1.165, 1.54) is 5.01 Å². The highest BCUT2D eigenvalue weighted by molar-refractivity contribution is 7.90. The minimum Gasteiger partial charge on any atom is -0.236 e. The van der Waals surface area contributed by atoms with Gasteiger partial charge in [-0.3, -0.25) is 0 Å². The molecule has 0 amide bonds. The summed E-state index contributed by atoms with van der Waals surface area (Å²) in [5.41, 5.74) is 2.56. The molecule has 0 bridgehead atoms. The van der Waals surface area contributed by atoms with Gasteiger partial charge in [0, 0.05) is 10.9 Å². The van der Waals surface area contributed by atoms with Crippen LogP contribution in [0.25, 0.3) is 0 Å². The quantitative estimate of drug-likeness (QED) is 0.293. The van der Waals surface area contributed by atoms with Gasteiger partial charge in [0.05, 0.1) is 17.2 Å². The van der Waals surface area contributed by atoms with Crippen LogP contribution in [0.4, 0.5) is 4.39 Å². The molecule has 0 N–H and O–H groups in total. The highest BCUT2D eigenvalue weighted by Gasteiger charge is 2.31. The van der Waals surface area contributed by atoms with Gasteiger partial charge >= 0.3 is 0 Å². The topological polar surface area (TPSA) is 62.1 Å². The third kappa shape index (κ3) is 4.79. The van der Waals surface area contributed by atoms with Crippen LogP contribution in [0.5, 0.6) is 0 Å². The van der Waals surface area contributed by atoms with Gasteiger partial charge in [-0.05, 0) is 59.1 Å². The Morgan fingerprint density at radius 2 is 1.65 bits per heavy atom. The lowest BCUT2D eigenvalue weighted by Crippen LogP contribution is -2.23. The number of amidine groups is 1. The van der Waals surface area contributed by atoms with Crippen molar-refractivity contribution in [3.05, 3.63) is 101 Å². The molecule has 1 heterocycles. The van der Waals surface area contributed by atoms with Crippen LogP contribution in [0.2, 0.25) is 5.02 Å². The van der Waals surface area contributed by atoms with Gasteiger partial charge in [0.25, 0.3) is 10.0 Å². The fourth-order valence-electron chi connectivity index (χ4n) is 3.25. The summed E-state index contributed by atoms with van der Waals surface area (Å²) in [6.45, 7) is 0.309.